The SMILES string of the molecule is CCCCC/C=C/CC/C=C/C(O)C(COC1OC(CO)C(O)C(O)C1O)NC(=O)CCCCCCCCCCCCCCCCCCC/C=C\C/C=C\CCCCCCCCCCCOC(=O)CCCCCCC/C=C\CCCCCC. The zero-order valence-electron chi connectivity index (χ0n) is 53.7. The summed E-state index contributed by atoms with van der Waals surface area (Å²) in [7, 11) is 0. The molecule has 1 saturated heterocycles. The molecular weight excluding hydrogens is 1040 g/mol. The van der Waals surface area contributed by atoms with Gasteiger partial charge in [0.1, 0.15) is 24.4 Å². The molecule has 0 radical (unpaired) electrons. The van der Waals surface area contributed by atoms with E-state index >= 15 is 0 Å². The zero-order chi connectivity index (χ0) is 60.2. The lowest BCUT2D eigenvalue weighted by atomic mass is 9.99. The monoisotopic (exact) mass is 1170 g/mol. The summed E-state index contributed by atoms with van der Waals surface area (Å²) in [6.45, 7) is 4.27. The Morgan fingerprint density at radius 3 is 1.29 bits per heavy atom. The number of carbonyl (C=O) groups excluding carboxylic acids is 2. The predicted molar refractivity (Wildman–Crippen MR) is 347 cm³/mol. The lowest BCUT2D eigenvalue weighted by Gasteiger charge is -2.40. The Hall–Kier alpha value is -2.64. The van der Waals surface area contributed by atoms with Crippen LogP contribution in [0.4, 0.5) is 0 Å². The lowest BCUT2D eigenvalue weighted by molar-refractivity contribution is -0.302. The van der Waals surface area contributed by atoms with Crippen molar-refractivity contribution in [1.29, 1.82) is 0 Å². The van der Waals surface area contributed by atoms with Crippen molar-refractivity contribution >= 4 is 11.9 Å². The van der Waals surface area contributed by atoms with Gasteiger partial charge in [0.15, 0.2) is 6.29 Å². The third-order valence-electron chi connectivity index (χ3n) is 16.3. The number of aliphatic hydroxyl groups excluding tert-OH is 5. The van der Waals surface area contributed by atoms with Crippen molar-refractivity contribution in [1.82, 2.24) is 5.32 Å². The van der Waals surface area contributed by atoms with Crippen LogP contribution < -0.4 is 5.32 Å². The largest absolute Gasteiger partial charge is 0.466 e. The molecule has 0 aromatic heterocycles. The first-order valence-corrected chi connectivity index (χ1v) is 35.1. The summed E-state index contributed by atoms with van der Waals surface area (Å²) in [5.41, 5.74) is 0. The normalized spacial score (nSPS) is 18.5. The Bertz CT molecular complexity index is 1560. The number of unbranched alkanes of at least 4 members (excludes halogenated alkanes) is 39. The van der Waals surface area contributed by atoms with E-state index in [0.29, 0.717) is 19.4 Å². The van der Waals surface area contributed by atoms with Crippen molar-refractivity contribution < 1.29 is 49.3 Å². The van der Waals surface area contributed by atoms with E-state index in [9.17, 15) is 35.1 Å². The third-order valence-corrected chi connectivity index (χ3v) is 16.3. The number of aliphatic hydroxyl groups is 5. The summed E-state index contributed by atoms with van der Waals surface area (Å²) >= 11 is 0. The number of hydrogen-bond donors (Lipinski definition) is 6. The Labute approximate surface area is 509 Å². The summed E-state index contributed by atoms with van der Waals surface area (Å²) in [6, 6.07) is -0.825. The van der Waals surface area contributed by atoms with Gasteiger partial charge in [0.2, 0.25) is 5.91 Å². The molecule has 1 aliphatic heterocycles. The Morgan fingerprint density at radius 1 is 0.446 bits per heavy atom. The molecule has 1 heterocycles. The second-order valence-electron chi connectivity index (χ2n) is 24.2. The molecule has 1 fully saturated rings. The van der Waals surface area contributed by atoms with Crippen LogP contribution >= 0.6 is 0 Å². The number of amides is 1. The third kappa shape index (κ3) is 50.1. The van der Waals surface area contributed by atoms with E-state index in [1.165, 1.54) is 231 Å². The molecule has 11 nitrogen and oxygen atoms in total. The smallest absolute Gasteiger partial charge is 0.305 e. The fourth-order valence-corrected chi connectivity index (χ4v) is 10.8. The molecule has 7 unspecified atom stereocenters. The van der Waals surface area contributed by atoms with Crippen LogP contribution in [-0.4, -0.2) is 100 Å². The molecule has 1 amide bonds. The van der Waals surface area contributed by atoms with Gasteiger partial charge in [-0.3, -0.25) is 9.59 Å². The van der Waals surface area contributed by atoms with Crippen molar-refractivity contribution in [2.75, 3.05) is 19.8 Å². The molecule has 83 heavy (non-hydrogen) atoms. The number of allylic oxidation sites excluding steroid dienone is 9. The molecular formula is C72H131NO10. The van der Waals surface area contributed by atoms with Gasteiger partial charge in [-0.25, -0.2) is 0 Å². The zero-order valence-corrected chi connectivity index (χ0v) is 53.7. The van der Waals surface area contributed by atoms with Crippen LogP contribution in [0.15, 0.2) is 60.8 Å². The van der Waals surface area contributed by atoms with E-state index in [4.69, 9.17) is 14.2 Å². The Kier molecular flexibility index (Phi) is 57.6. The molecule has 1 rings (SSSR count). The van der Waals surface area contributed by atoms with Crippen LogP contribution in [0.1, 0.15) is 322 Å². The minimum absolute atomic E-state index is 0.00295. The first-order chi connectivity index (χ1) is 40.7. The van der Waals surface area contributed by atoms with Crippen LogP contribution in [-0.2, 0) is 23.8 Å². The minimum atomic E-state index is -1.58. The maximum Gasteiger partial charge on any atom is 0.305 e. The fourth-order valence-electron chi connectivity index (χ4n) is 10.8. The van der Waals surface area contributed by atoms with Crippen molar-refractivity contribution in [3.05, 3.63) is 60.8 Å². The standard InChI is InChI=1S/C72H131NO10/c1-3-5-7-9-11-13-14-36-40-44-48-52-56-60-68(77)81-61-57-53-49-45-41-38-35-33-31-29-27-25-23-21-19-17-15-16-18-20-22-24-26-28-30-32-34-37-39-43-47-51-55-59-67(76)73-64(65(75)58-54-50-46-42-12-10-8-6-4-2)63-82-72-71(80)70(79)69(78)66(62-74)83-72/h12-14,19,21,25,27,42,54,58,64-66,69-72,74-75,78-80H,3-11,15-18,20,22-24,26,28-41,43-53,55-57,59-63H2,1-2H3,(H,73,76)/b14-13-,21-19-,27-25-,42-12+,58-54+. The van der Waals surface area contributed by atoms with E-state index in [0.717, 1.165) is 64.2 Å². The summed E-state index contributed by atoms with van der Waals surface area (Å²) in [5, 5.41) is 54.2. The lowest BCUT2D eigenvalue weighted by Crippen LogP contribution is -2.60. The van der Waals surface area contributed by atoms with Gasteiger partial charge in [0.05, 0.1) is 32.0 Å². The summed E-state index contributed by atoms with van der Waals surface area (Å²) < 4.78 is 16.7. The highest BCUT2D eigenvalue weighted by Gasteiger charge is 2.44. The molecule has 0 bridgehead atoms. The van der Waals surface area contributed by atoms with Crippen molar-refractivity contribution in [3.63, 3.8) is 0 Å². The van der Waals surface area contributed by atoms with Crippen LogP contribution in [0.2, 0.25) is 0 Å². The van der Waals surface area contributed by atoms with E-state index in [2.05, 4.69) is 67.8 Å². The highest BCUT2D eigenvalue weighted by molar-refractivity contribution is 5.76. The Balaban J connectivity index is 1.92. The second kappa shape index (κ2) is 61.0. The average molecular weight is 1170 g/mol. The molecule has 484 valence electrons. The summed E-state index contributed by atoms with van der Waals surface area (Å²) in [4.78, 5) is 25.0. The van der Waals surface area contributed by atoms with Gasteiger partial charge in [-0.05, 0) is 103 Å². The molecule has 0 aliphatic carbocycles. The van der Waals surface area contributed by atoms with E-state index in [1.54, 1.807) is 6.08 Å². The molecule has 0 aromatic carbocycles. The van der Waals surface area contributed by atoms with Crippen LogP contribution in [0, 0.1) is 0 Å². The Morgan fingerprint density at radius 2 is 0.819 bits per heavy atom. The van der Waals surface area contributed by atoms with Gasteiger partial charge in [-0.2, -0.15) is 0 Å². The van der Waals surface area contributed by atoms with Crippen molar-refractivity contribution in [2.45, 2.75) is 365 Å². The van der Waals surface area contributed by atoms with Crippen LogP contribution in [0.5, 0.6) is 0 Å². The number of nitrogens with one attached hydrogen (secondary N) is 1. The topological polar surface area (TPSA) is 175 Å². The molecule has 0 aromatic rings. The highest BCUT2D eigenvalue weighted by Crippen LogP contribution is 2.23. The van der Waals surface area contributed by atoms with Gasteiger partial charge in [0, 0.05) is 12.8 Å². The van der Waals surface area contributed by atoms with Crippen LogP contribution in [0.3, 0.4) is 0 Å². The number of hydrogen-bond acceptors (Lipinski definition) is 10. The predicted octanol–water partition coefficient (Wildman–Crippen LogP) is 17.7. The first-order valence-electron chi connectivity index (χ1n) is 35.1. The molecule has 0 spiro atoms. The number of ether oxygens (including phenoxy) is 3. The van der Waals surface area contributed by atoms with E-state index in [-0.39, 0.29) is 18.5 Å². The molecule has 7 atom stereocenters. The van der Waals surface area contributed by atoms with Crippen LogP contribution in [0.25, 0.3) is 0 Å². The summed E-state index contributed by atoms with van der Waals surface area (Å²) in [6.07, 6.45) is 71.0. The van der Waals surface area contributed by atoms with Gasteiger partial charge in [-0.15, -0.1) is 0 Å². The maximum absolute atomic E-state index is 13.0. The molecule has 0 saturated carbocycles. The number of carbonyl (C=O) groups is 2. The quantitative estimate of drug-likeness (QED) is 0.0195. The number of esters is 1. The number of rotatable bonds is 61. The highest BCUT2D eigenvalue weighted by atomic mass is 16.7. The van der Waals surface area contributed by atoms with Crippen molar-refractivity contribution in [2.24, 2.45) is 0 Å². The maximum atomic E-state index is 13.0. The van der Waals surface area contributed by atoms with E-state index in [1.807, 2.05) is 6.08 Å². The molecule has 6 N–H and O–H groups in total. The molecule has 1 aliphatic rings. The molecule has 11 heteroatoms. The van der Waals surface area contributed by atoms with Gasteiger partial charge in [-0.1, -0.05) is 267 Å². The van der Waals surface area contributed by atoms with Gasteiger partial charge < -0.3 is 45.1 Å². The van der Waals surface area contributed by atoms with Crippen molar-refractivity contribution in [3.8, 4) is 0 Å². The fraction of sp³-hybridized carbons (Fsp3) is 0.833. The second-order valence-corrected chi connectivity index (χ2v) is 24.2. The van der Waals surface area contributed by atoms with Gasteiger partial charge >= 0.3 is 5.97 Å². The first kappa shape index (κ1) is 78.4. The average Bonchev–Trinajstić information content (AvgIpc) is 3.64. The minimum Gasteiger partial charge on any atom is -0.466 e. The van der Waals surface area contributed by atoms with E-state index < -0.39 is 49.5 Å². The van der Waals surface area contributed by atoms with Gasteiger partial charge in [0.25, 0.3) is 0 Å². The summed E-state index contributed by atoms with van der Waals surface area (Å²) in [5.74, 6) is -0.195.